The maximum Gasteiger partial charge on any atom is 0.243 e. The van der Waals surface area contributed by atoms with E-state index in [1.54, 1.807) is 14.1 Å². The highest BCUT2D eigenvalue weighted by Crippen LogP contribution is 2.41. The molecule has 0 aromatic heterocycles. The van der Waals surface area contributed by atoms with Gasteiger partial charge in [-0.2, -0.15) is 0 Å². The molecule has 0 aliphatic carbocycles. The van der Waals surface area contributed by atoms with E-state index in [2.05, 4.69) is 35.5 Å². The molecule has 2 N–H and O–H groups in total. The van der Waals surface area contributed by atoms with Crippen molar-refractivity contribution in [2.24, 2.45) is 4.99 Å². The summed E-state index contributed by atoms with van der Waals surface area (Å²) in [5, 5.41) is 6.29. The van der Waals surface area contributed by atoms with Crippen LogP contribution in [0.5, 0.6) is 11.5 Å². The van der Waals surface area contributed by atoms with Crippen molar-refractivity contribution < 1.29 is 14.3 Å². The lowest BCUT2D eigenvalue weighted by atomic mass is 10.0. The number of halogens is 1. The van der Waals surface area contributed by atoms with Crippen molar-refractivity contribution in [2.75, 3.05) is 40.3 Å². The highest BCUT2D eigenvalue weighted by Gasteiger charge is 2.32. The predicted octanol–water partition coefficient (Wildman–Crippen LogP) is 2.04. The van der Waals surface area contributed by atoms with Gasteiger partial charge in [0.25, 0.3) is 0 Å². The summed E-state index contributed by atoms with van der Waals surface area (Å²) in [5.74, 6) is 2.16. The lowest BCUT2D eigenvalue weighted by molar-refractivity contribution is -0.127. The van der Waals surface area contributed by atoms with Gasteiger partial charge in [0.05, 0.1) is 6.54 Å². The zero-order chi connectivity index (χ0) is 19.2. The van der Waals surface area contributed by atoms with Crippen molar-refractivity contribution in [3.63, 3.8) is 0 Å². The Hall–Kier alpha value is -1.71. The van der Waals surface area contributed by atoms with Crippen LogP contribution in [0.2, 0.25) is 0 Å². The number of carbonyl (C=O) groups excluding carboxylic acids is 1. The Morgan fingerprint density at radius 1 is 1.33 bits per heavy atom. The smallest absolute Gasteiger partial charge is 0.243 e. The number of aliphatic imine (C=N–C) groups is 1. The van der Waals surface area contributed by atoms with Gasteiger partial charge in [0.15, 0.2) is 17.5 Å². The van der Waals surface area contributed by atoms with Gasteiger partial charge in [-0.05, 0) is 26.8 Å². The lowest BCUT2D eigenvalue weighted by Crippen LogP contribution is -2.40. The van der Waals surface area contributed by atoms with Crippen LogP contribution >= 0.6 is 24.0 Å². The molecule has 0 atom stereocenters. The SMILES string of the molecule is CCNC(=NCC(=O)N(C)C)NCCOc1cccc2c1OC(C)(C)C2.I. The number of amides is 1. The van der Waals surface area contributed by atoms with Crippen LogP contribution in [0.25, 0.3) is 0 Å². The first-order valence-corrected chi connectivity index (χ1v) is 8.98. The van der Waals surface area contributed by atoms with E-state index in [1.165, 1.54) is 10.5 Å². The molecule has 1 aliphatic heterocycles. The molecule has 1 amide bonds. The summed E-state index contributed by atoms with van der Waals surface area (Å²) < 4.78 is 11.9. The number of nitrogens with zero attached hydrogens (tertiary/aromatic N) is 2. The van der Waals surface area contributed by atoms with Crippen LogP contribution < -0.4 is 20.1 Å². The fourth-order valence-corrected chi connectivity index (χ4v) is 2.66. The van der Waals surface area contributed by atoms with Gasteiger partial charge < -0.3 is 25.0 Å². The molecule has 0 bridgehead atoms. The molecule has 0 saturated heterocycles. The quantitative estimate of drug-likeness (QED) is 0.265. The van der Waals surface area contributed by atoms with Gasteiger partial charge in [-0.15, -0.1) is 24.0 Å². The number of likely N-dealkylation sites (N-methyl/N-ethyl adjacent to an activating group) is 1. The van der Waals surface area contributed by atoms with Crippen molar-refractivity contribution in [1.82, 2.24) is 15.5 Å². The molecule has 0 spiro atoms. The van der Waals surface area contributed by atoms with E-state index in [9.17, 15) is 4.79 Å². The Balaban J connectivity index is 0.00000364. The van der Waals surface area contributed by atoms with Crippen LogP contribution in [-0.2, 0) is 11.2 Å². The first-order chi connectivity index (χ1) is 12.3. The third-order valence-corrected chi connectivity index (χ3v) is 3.92. The van der Waals surface area contributed by atoms with Crippen molar-refractivity contribution in [2.45, 2.75) is 32.8 Å². The minimum atomic E-state index is -0.191. The van der Waals surface area contributed by atoms with E-state index < -0.39 is 0 Å². The number of fused-ring (bicyclic) bond motifs is 1. The number of guanidine groups is 1. The van der Waals surface area contributed by atoms with E-state index in [0.29, 0.717) is 19.1 Å². The summed E-state index contributed by atoms with van der Waals surface area (Å²) in [7, 11) is 3.43. The molecule has 0 fully saturated rings. The standard InChI is InChI=1S/C19H30N4O3.HI/c1-6-20-18(22-13-16(24)23(4)5)21-10-11-25-15-9-7-8-14-12-19(2,3)26-17(14)15;/h7-9H,6,10-13H2,1-5H3,(H2,20,21,22);1H. The van der Waals surface area contributed by atoms with Crippen LogP contribution in [0, 0.1) is 0 Å². The molecule has 152 valence electrons. The number of rotatable bonds is 7. The van der Waals surface area contributed by atoms with E-state index in [1.807, 2.05) is 19.1 Å². The number of hydrogen-bond donors (Lipinski definition) is 2. The molecule has 27 heavy (non-hydrogen) atoms. The number of para-hydroxylation sites is 1. The fraction of sp³-hybridized carbons (Fsp3) is 0.579. The Morgan fingerprint density at radius 2 is 2.07 bits per heavy atom. The van der Waals surface area contributed by atoms with Gasteiger partial charge in [0.1, 0.15) is 18.8 Å². The van der Waals surface area contributed by atoms with Crippen molar-refractivity contribution in [1.29, 1.82) is 0 Å². The zero-order valence-electron chi connectivity index (χ0n) is 16.8. The maximum atomic E-state index is 11.7. The second-order valence-electron chi connectivity index (χ2n) is 7.04. The van der Waals surface area contributed by atoms with Crippen LogP contribution in [0.1, 0.15) is 26.3 Å². The molecule has 0 unspecified atom stereocenters. The monoisotopic (exact) mass is 490 g/mol. The summed E-state index contributed by atoms with van der Waals surface area (Å²) >= 11 is 0. The molecule has 2 rings (SSSR count). The van der Waals surface area contributed by atoms with E-state index in [-0.39, 0.29) is 42.0 Å². The molecule has 8 heteroatoms. The van der Waals surface area contributed by atoms with E-state index in [0.717, 1.165) is 24.5 Å². The summed E-state index contributed by atoms with van der Waals surface area (Å²) in [4.78, 5) is 17.5. The Labute approximate surface area is 178 Å². The van der Waals surface area contributed by atoms with E-state index in [4.69, 9.17) is 9.47 Å². The summed E-state index contributed by atoms with van der Waals surface area (Å²) in [6, 6.07) is 5.99. The second-order valence-corrected chi connectivity index (χ2v) is 7.04. The highest BCUT2D eigenvalue weighted by molar-refractivity contribution is 14.0. The van der Waals surface area contributed by atoms with E-state index >= 15 is 0 Å². The number of hydrogen-bond acceptors (Lipinski definition) is 4. The Bertz CT molecular complexity index is 662. The van der Waals surface area contributed by atoms with Gasteiger partial charge in [0, 0.05) is 32.6 Å². The van der Waals surface area contributed by atoms with Gasteiger partial charge in [-0.25, -0.2) is 4.99 Å². The Morgan fingerprint density at radius 3 is 2.74 bits per heavy atom. The van der Waals surface area contributed by atoms with Crippen LogP contribution in [-0.4, -0.2) is 62.7 Å². The third kappa shape index (κ3) is 7.08. The third-order valence-electron chi connectivity index (χ3n) is 3.92. The predicted molar refractivity (Wildman–Crippen MR) is 118 cm³/mol. The Kier molecular flexibility index (Phi) is 9.14. The fourth-order valence-electron chi connectivity index (χ4n) is 2.66. The molecule has 0 radical (unpaired) electrons. The molecule has 7 nitrogen and oxygen atoms in total. The molecule has 0 saturated carbocycles. The minimum Gasteiger partial charge on any atom is -0.488 e. The van der Waals surface area contributed by atoms with Gasteiger partial charge in [0.2, 0.25) is 5.91 Å². The average Bonchev–Trinajstić information content (AvgIpc) is 2.90. The van der Waals surface area contributed by atoms with Crippen molar-refractivity contribution in [3.8, 4) is 11.5 Å². The molecule has 1 aromatic carbocycles. The maximum absolute atomic E-state index is 11.7. The van der Waals surface area contributed by atoms with Gasteiger partial charge in [-0.1, -0.05) is 12.1 Å². The minimum absolute atomic E-state index is 0. The summed E-state index contributed by atoms with van der Waals surface area (Å²) in [5.41, 5.74) is 0.988. The summed E-state index contributed by atoms with van der Waals surface area (Å²) in [6.45, 7) is 7.99. The molecular formula is C19H31IN4O3. The molecule has 1 aliphatic rings. The number of benzene rings is 1. The van der Waals surface area contributed by atoms with Gasteiger partial charge in [-0.3, -0.25) is 4.79 Å². The normalized spacial score (nSPS) is 14.5. The molecule has 1 aromatic rings. The van der Waals surface area contributed by atoms with Crippen molar-refractivity contribution >= 4 is 35.8 Å². The molecular weight excluding hydrogens is 459 g/mol. The van der Waals surface area contributed by atoms with Crippen LogP contribution in [0.3, 0.4) is 0 Å². The van der Waals surface area contributed by atoms with Crippen LogP contribution in [0.4, 0.5) is 0 Å². The number of ether oxygens (including phenoxy) is 2. The number of carbonyl (C=O) groups is 1. The average molecular weight is 490 g/mol. The highest BCUT2D eigenvalue weighted by atomic mass is 127. The number of nitrogens with one attached hydrogen (secondary N) is 2. The van der Waals surface area contributed by atoms with Gasteiger partial charge >= 0.3 is 0 Å². The first kappa shape index (κ1) is 23.3. The lowest BCUT2D eigenvalue weighted by Gasteiger charge is -2.18. The van der Waals surface area contributed by atoms with Crippen molar-refractivity contribution in [3.05, 3.63) is 23.8 Å². The first-order valence-electron chi connectivity index (χ1n) is 8.98. The van der Waals surface area contributed by atoms with Crippen LogP contribution in [0.15, 0.2) is 23.2 Å². The zero-order valence-corrected chi connectivity index (χ0v) is 19.1. The topological polar surface area (TPSA) is 75.2 Å². The summed E-state index contributed by atoms with van der Waals surface area (Å²) in [6.07, 6.45) is 0.884. The molecule has 1 heterocycles. The largest absolute Gasteiger partial charge is 0.488 e. The second kappa shape index (κ2) is 10.6.